The van der Waals surface area contributed by atoms with Crippen LogP contribution in [0.4, 0.5) is 0 Å². The molecule has 1 aliphatic rings. The minimum Gasteiger partial charge on any atom is -0.383 e. The van der Waals surface area contributed by atoms with Gasteiger partial charge in [-0.3, -0.25) is 9.48 Å². The van der Waals surface area contributed by atoms with Crippen LogP contribution < -0.4 is 10.6 Å². The molecule has 32 heavy (non-hydrogen) atoms. The zero-order valence-electron chi connectivity index (χ0n) is 19.2. The maximum Gasteiger partial charge on any atom is 0.253 e. The van der Waals surface area contributed by atoms with E-state index in [4.69, 9.17) is 0 Å². The first-order valence-corrected chi connectivity index (χ1v) is 11.0. The van der Waals surface area contributed by atoms with Crippen molar-refractivity contribution < 1.29 is 9.90 Å². The molecule has 9 heteroatoms. The number of guanidine groups is 1. The van der Waals surface area contributed by atoms with E-state index >= 15 is 0 Å². The van der Waals surface area contributed by atoms with Crippen molar-refractivity contribution in [2.24, 2.45) is 12.0 Å². The molecular formula is C23H35IN6O2. The minimum atomic E-state index is -1.08. The fourth-order valence-corrected chi connectivity index (χ4v) is 3.65. The van der Waals surface area contributed by atoms with Gasteiger partial charge >= 0.3 is 0 Å². The Kier molecular flexibility index (Phi) is 9.95. The van der Waals surface area contributed by atoms with Crippen LogP contribution in [0, 0.1) is 0 Å². The van der Waals surface area contributed by atoms with Crippen molar-refractivity contribution in [3.8, 4) is 0 Å². The van der Waals surface area contributed by atoms with E-state index < -0.39 is 5.60 Å². The van der Waals surface area contributed by atoms with Gasteiger partial charge in [0.05, 0.1) is 19.3 Å². The first-order valence-electron chi connectivity index (χ1n) is 11.0. The van der Waals surface area contributed by atoms with Crippen molar-refractivity contribution in [1.82, 2.24) is 25.3 Å². The molecule has 1 amide bonds. The van der Waals surface area contributed by atoms with Crippen molar-refractivity contribution in [1.29, 1.82) is 0 Å². The Balaban J connectivity index is 0.00000363. The first kappa shape index (κ1) is 26.1. The molecule has 8 nitrogen and oxygen atoms in total. The largest absolute Gasteiger partial charge is 0.383 e. The smallest absolute Gasteiger partial charge is 0.253 e. The fourth-order valence-electron chi connectivity index (χ4n) is 3.65. The molecule has 3 N–H and O–H groups in total. The minimum absolute atomic E-state index is 0. The lowest BCUT2D eigenvalue weighted by Crippen LogP contribution is -2.44. The zero-order valence-corrected chi connectivity index (χ0v) is 21.5. The van der Waals surface area contributed by atoms with Crippen molar-refractivity contribution in [2.75, 3.05) is 26.2 Å². The number of piperidine rings is 1. The Morgan fingerprint density at radius 2 is 2.00 bits per heavy atom. The third-order valence-corrected chi connectivity index (χ3v) is 5.51. The van der Waals surface area contributed by atoms with Gasteiger partial charge in [0.1, 0.15) is 5.60 Å². The summed E-state index contributed by atoms with van der Waals surface area (Å²) >= 11 is 0. The number of aliphatic imine (C=N–C) groups is 1. The molecule has 0 aliphatic carbocycles. The van der Waals surface area contributed by atoms with Crippen LogP contribution in [0.2, 0.25) is 0 Å². The Hall–Kier alpha value is -2.14. The highest BCUT2D eigenvalue weighted by Crippen LogP contribution is 2.18. The van der Waals surface area contributed by atoms with Gasteiger partial charge in [-0.1, -0.05) is 12.1 Å². The number of nitrogens with one attached hydrogen (secondary N) is 2. The number of carbonyl (C=O) groups is 1. The predicted molar refractivity (Wildman–Crippen MR) is 137 cm³/mol. The number of halogens is 1. The molecule has 1 unspecified atom stereocenters. The lowest BCUT2D eigenvalue weighted by Gasteiger charge is -2.26. The lowest BCUT2D eigenvalue weighted by atomic mass is 10.00. The third kappa shape index (κ3) is 7.19. The number of aryl methyl sites for hydroxylation is 1. The van der Waals surface area contributed by atoms with E-state index in [2.05, 4.69) is 20.7 Å². The summed E-state index contributed by atoms with van der Waals surface area (Å²) in [4.78, 5) is 19.4. The van der Waals surface area contributed by atoms with Crippen molar-refractivity contribution in [2.45, 2.75) is 45.3 Å². The lowest BCUT2D eigenvalue weighted by molar-refractivity contribution is 0.0616. The molecule has 2 heterocycles. The van der Waals surface area contributed by atoms with Crippen molar-refractivity contribution in [3.05, 3.63) is 53.3 Å². The van der Waals surface area contributed by atoms with Gasteiger partial charge in [0.2, 0.25) is 0 Å². The average Bonchev–Trinajstić information content (AvgIpc) is 3.23. The summed E-state index contributed by atoms with van der Waals surface area (Å²) in [7, 11) is 1.82. The highest BCUT2D eigenvalue weighted by atomic mass is 127. The second-order valence-corrected chi connectivity index (χ2v) is 8.28. The van der Waals surface area contributed by atoms with Crippen molar-refractivity contribution >= 4 is 35.8 Å². The van der Waals surface area contributed by atoms with Gasteiger partial charge in [0.15, 0.2) is 5.96 Å². The molecule has 1 aromatic heterocycles. The number of hydrogen-bond acceptors (Lipinski definition) is 4. The molecule has 1 atom stereocenters. The SMILES string of the molecule is CCNC(=NCc1cccc(C(=O)N2CCCCC2)c1)NCC(C)(O)c1cnn(C)c1.I. The molecule has 0 saturated carbocycles. The maximum atomic E-state index is 12.8. The van der Waals surface area contributed by atoms with Crippen LogP contribution >= 0.6 is 24.0 Å². The number of likely N-dealkylation sites (tertiary alicyclic amines) is 1. The van der Waals surface area contributed by atoms with Gasteiger partial charge in [-0.05, 0) is 50.8 Å². The fraction of sp³-hybridized carbons (Fsp3) is 0.522. The van der Waals surface area contributed by atoms with Gasteiger partial charge in [0, 0.05) is 44.0 Å². The number of hydrogen-bond donors (Lipinski definition) is 3. The Labute approximate surface area is 207 Å². The van der Waals surface area contributed by atoms with Crippen molar-refractivity contribution in [3.63, 3.8) is 0 Å². The van der Waals surface area contributed by atoms with Crippen LogP contribution in [0.25, 0.3) is 0 Å². The van der Waals surface area contributed by atoms with E-state index in [9.17, 15) is 9.90 Å². The number of carbonyl (C=O) groups excluding carboxylic acids is 1. The number of aliphatic hydroxyl groups is 1. The van der Waals surface area contributed by atoms with Gasteiger partial charge in [-0.15, -0.1) is 24.0 Å². The predicted octanol–water partition coefficient (Wildman–Crippen LogP) is 2.63. The molecule has 0 bridgehead atoms. The highest BCUT2D eigenvalue weighted by molar-refractivity contribution is 14.0. The molecule has 0 spiro atoms. The van der Waals surface area contributed by atoms with E-state index in [-0.39, 0.29) is 36.4 Å². The Morgan fingerprint density at radius 1 is 1.25 bits per heavy atom. The van der Waals surface area contributed by atoms with E-state index in [0.717, 1.165) is 37.1 Å². The van der Waals surface area contributed by atoms with Gasteiger partial charge < -0.3 is 20.6 Å². The van der Waals surface area contributed by atoms with Crippen LogP contribution in [0.3, 0.4) is 0 Å². The number of nitrogens with zero attached hydrogens (tertiary/aromatic N) is 4. The Bertz CT molecular complexity index is 905. The van der Waals surface area contributed by atoms with Crippen LogP contribution in [-0.4, -0.2) is 57.8 Å². The van der Waals surface area contributed by atoms with Crippen LogP contribution in [0.15, 0.2) is 41.7 Å². The molecular weight excluding hydrogens is 519 g/mol. The third-order valence-electron chi connectivity index (χ3n) is 5.51. The monoisotopic (exact) mass is 554 g/mol. The normalized spacial score (nSPS) is 16.1. The Morgan fingerprint density at radius 3 is 2.66 bits per heavy atom. The maximum absolute atomic E-state index is 12.8. The second-order valence-electron chi connectivity index (χ2n) is 8.28. The van der Waals surface area contributed by atoms with Gasteiger partial charge in [-0.25, -0.2) is 4.99 Å². The van der Waals surface area contributed by atoms with Gasteiger partial charge in [-0.2, -0.15) is 5.10 Å². The van der Waals surface area contributed by atoms with Gasteiger partial charge in [0.25, 0.3) is 5.91 Å². The molecule has 1 fully saturated rings. The summed E-state index contributed by atoms with van der Waals surface area (Å²) in [5.41, 5.74) is 1.35. The zero-order chi connectivity index (χ0) is 22.3. The average molecular weight is 554 g/mol. The van der Waals surface area contributed by atoms with Crippen LogP contribution in [0.5, 0.6) is 0 Å². The first-order chi connectivity index (χ1) is 14.9. The summed E-state index contributed by atoms with van der Waals surface area (Å²) in [6.45, 7) is 6.85. The van der Waals surface area contributed by atoms with Crippen LogP contribution in [0.1, 0.15) is 54.6 Å². The summed E-state index contributed by atoms with van der Waals surface area (Å²) in [6.07, 6.45) is 6.83. The standard InChI is InChI=1S/C23H34N6O2.HI/c1-4-24-22(26-17-23(2,31)20-15-27-28(3)16-20)25-14-18-9-8-10-19(13-18)21(30)29-11-6-5-7-12-29;/h8-10,13,15-16,31H,4-7,11-12,14,17H2,1-3H3,(H2,24,25,26);1H. The molecule has 3 rings (SSSR count). The van der Waals surface area contributed by atoms with Crippen LogP contribution in [-0.2, 0) is 19.2 Å². The highest BCUT2D eigenvalue weighted by Gasteiger charge is 2.25. The van der Waals surface area contributed by atoms with E-state index in [0.29, 0.717) is 24.6 Å². The quantitative estimate of drug-likeness (QED) is 0.278. The summed E-state index contributed by atoms with van der Waals surface area (Å²) in [5, 5.41) is 21.3. The number of amides is 1. The number of benzene rings is 1. The topological polar surface area (TPSA) is 94.8 Å². The van der Waals surface area contributed by atoms with E-state index in [1.165, 1.54) is 6.42 Å². The summed E-state index contributed by atoms with van der Waals surface area (Å²) in [6, 6.07) is 7.69. The molecule has 2 aromatic rings. The molecule has 1 aromatic carbocycles. The summed E-state index contributed by atoms with van der Waals surface area (Å²) < 4.78 is 1.67. The molecule has 0 radical (unpaired) electrons. The molecule has 1 saturated heterocycles. The molecule has 176 valence electrons. The summed E-state index contributed by atoms with van der Waals surface area (Å²) in [5.74, 6) is 0.711. The van der Waals surface area contributed by atoms with E-state index in [1.54, 1.807) is 24.0 Å². The number of rotatable bonds is 7. The second kappa shape index (κ2) is 12.2. The number of aromatic nitrogens is 2. The molecule has 1 aliphatic heterocycles. The van der Waals surface area contributed by atoms with E-state index in [1.807, 2.05) is 43.1 Å².